The number of halogens is 2. The van der Waals surface area contributed by atoms with E-state index in [9.17, 15) is 0 Å². The van der Waals surface area contributed by atoms with Crippen molar-refractivity contribution in [2.75, 3.05) is 0 Å². The van der Waals surface area contributed by atoms with E-state index in [-0.39, 0.29) is 46.5 Å². The Morgan fingerprint density at radius 1 is 0.600 bits per heavy atom. The number of fused-ring (bicyclic) bond motifs is 3. The van der Waals surface area contributed by atoms with Crippen LogP contribution in [-0.2, 0) is 52.3 Å². The van der Waals surface area contributed by atoms with Crippen molar-refractivity contribution in [3.05, 3.63) is 160 Å². The van der Waals surface area contributed by atoms with E-state index in [2.05, 4.69) is 168 Å². The molecule has 5 aromatic carbocycles. The fourth-order valence-electron chi connectivity index (χ4n) is 7.12. The molecule has 264 valence electrons. The smallest absolute Gasteiger partial charge is 0.0129 e. The van der Waals surface area contributed by atoms with Gasteiger partial charge in [-0.1, -0.05) is 71.6 Å². The molecule has 1 aliphatic rings. The van der Waals surface area contributed by atoms with Crippen LogP contribution >= 0.6 is 0 Å². The summed E-state index contributed by atoms with van der Waals surface area (Å²) in [5, 5.41) is 0. The quantitative estimate of drug-likeness (QED) is 0.183. The summed E-state index contributed by atoms with van der Waals surface area (Å²) in [4.78, 5) is 0. The second-order valence-electron chi connectivity index (χ2n) is 16.5. The van der Waals surface area contributed by atoms with E-state index in [1.54, 1.807) is 3.21 Å². The third-order valence-electron chi connectivity index (χ3n) is 9.88. The van der Waals surface area contributed by atoms with E-state index in [0.717, 1.165) is 6.42 Å². The van der Waals surface area contributed by atoms with E-state index < -0.39 is 0 Å². The summed E-state index contributed by atoms with van der Waals surface area (Å²) < 4.78 is 1.58. The van der Waals surface area contributed by atoms with Crippen LogP contribution in [-0.4, -0.2) is 3.21 Å². The first-order valence-electron chi connectivity index (χ1n) is 17.4. The molecule has 0 saturated heterocycles. The van der Waals surface area contributed by atoms with Crippen LogP contribution in [0.2, 0.25) is 0 Å². The molecule has 0 atom stereocenters. The standard InChI is InChI=1S/C23H29.C19H22.C5H5.2ClH.Zr/c1-14-9-16-11-17-10-15(2)21(23(6,7)8)13-19(17)18(16)12-20(14)22(3,4)5;1-18(2,16-11-7-5-8-12-16)15-19(3,4)17-13-9-6-10-14-17;1-2-4-5-3-1;;;/h9,12-13H,11H2,1-8H3;5-14H,1-4H3;1-5H;2*1H;/q-1;;-1;;;+2/p-2. The Kier molecular flexibility index (Phi) is 15.2. The van der Waals surface area contributed by atoms with Gasteiger partial charge in [-0.05, 0) is 35.4 Å². The fraction of sp³-hybridized carbons (Fsp3) is 0.362. The van der Waals surface area contributed by atoms with Crippen LogP contribution in [0.4, 0.5) is 0 Å². The first kappa shape index (κ1) is 43.7. The fourth-order valence-corrected chi connectivity index (χ4v) is 7.83. The molecule has 0 N–H and O–H groups in total. The minimum absolute atomic E-state index is 0. The third kappa shape index (κ3) is 10.1. The molecule has 0 bridgehead atoms. The van der Waals surface area contributed by atoms with Crippen molar-refractivity contribution >= 4 is 3.21 Å². The number of aryl methyl sites for hydroxylation is 2. The molecule has 0 aliphatic heterocycles. The summed E-state index contributed by atoms with van der Waals surface area (Å²) >= 11 is 1.51. The number of hydrogen-bond donors (Lipinski definition) is 0. The Morgan fingerprint density at radius 2 is 1.04 bits per heavy atom. The van der Waals surface area contributed by atoms with Crippen LogP contribution in [0.3, 0.4) is 0 Å². The summed E-state index contributed by atoms with van der Waals surface area (Å²) in [6, 6.07) is 42.6. The van der Waals surface area contributed by atoms with Gasteiger partial charge in [0.05, 0.1) is 0 Å². The van der Waals surface area contributed by atoms with Crippen LogP contribution < -0.4 is 24.8 Å². The van der Waals surface area contributed by atoms with Gasteiger partial charge in [0.25, 0.3) is 0 Å². The predicted molar refractivity (Wildman–Crippen MR) is 206 cm³/mol. The SMILES string of the molecule is CC(C)([C](=[Zr+2])C(C)(C)c1ccccc1)c1ccccc1.Cc1[c-]c2c(cc1C(C)(C)C)-c1cc(C(C)(C)C)c(C)cc1C2.[Cl-].[Cl-].c1cc[cH-]c1. The zero-order chi connectivity index (χ0) is 35.5. The van der Waals surface area contributed by atoms with Crippen molar-refractivity contribution < 1.29 is 49.0 Å². The molecule has 0 saturated carbocycles. The van der Waals surface area contributed by atoms with Crippen LogP contribution in [0.15, 0.2) is 109 Å². The summed E-state index contributed by atoms with van der Waals surface area (Å²) in [5.74, 6) is 0. The van der Waals surface area contributed by atoms with Crippen LogP contribution in [0.5, 0.6) is 0 Å². The van der Waals surface area contributed by atoms with Gasteiger partial charge in [0.2, 0.25) is 0 Å². The normalized spacial score (nSPS) is 12.1. The van der Waals surface area contributed by atoms with Crippen molar-refractivity contribution in [2.45, 2.75) is 111 Å². The van der Waals surface area contributed by atoms with Crippen LogP contribution in [0.25, 0.3) is 11.1 Å². The minimum atomic E-state index is 0. The van der Waals surface area contributed by atoms with Crippen molar-refractivity contribution in [3.8, 4) is 11.1 Å². The molecule has 0 unspecified atom stereocenters. The zero-order valence-electron chi connectivity index (χ0n) is 32.4. The van der Waals surface area contributed by atoms with Crippen molar-refractivity contribution in [2.24, 2.45) is 0 Å². The molecule has 0 aromatic heterocycles. The van der Waals surface area contributed by atoms with E-state index in [0.29, 0.717) is 0 Å². The maximum atomic E-state index is 3.69. The summed E-state index contributed by atoms with van der Waals surface area (Å²) in [7, 11) is 0. The van der Waals surface area contributed by atoms with Gasteiger partial charge in [0.1, 0.15) is 0 Å². The predicted octanol–water partition coefficient (Wildman–Crippen LogP) is 6.34. The summed E-state index contributed by atoms with van der Waals surface area (Å²) in [5.41, 5.74) is 14.6. The Labute approximate surface area is 332 Å². The van der Waals surface area contributed by atoms with Crippen molar-refractivity contribution in [3.63, 3.8) is 0 Å². The van der Waals surface area contributed by atoms with Gasteiger partial charge in [-0.3, -0.25) is 0 Å². The maximum Gasteiger partial charge on any atom is -0.0129 e. The molecule has 0 heterocycles. The third-order valence-corrected chi connectivity index (χ3v) is 12.9. The van der Waals surface area contributed by atoms with Gasteiger partial charge in [0, 0.05) is 0 Å². The number of hydrogen-bond acceptors (Lipinski definition) is 0. The average Bonchev–Trinajstić information content (AvgIpc) is 3.72. The second kappa shape index (κ2) is 17.4. The molecule has 0 nitrogen and oxygen atoms in total. The maximum absolute atomic E-state index is 3.69. The zero-order valence-corrected chi connectivity index (χ0v) is 36.3. The Bertz CT molecular complexity index is 1680. The van der Waals surface area contributed by atoms with E-state index in [1.165, 1.54) is 79.9 Å². The average molecular weight is 783 g/mol. The van der Waals surface area contributed by atoms with Crippen molar-refractivity contribution in [1.82, 2.24) is 0 Å². The first-order valence-corrected chi connectivity index (χ1v) is 18.7. The van der Waals surface area contributed by atoms with Crippen molar-refractivity contribution in [1.29, 1.82) is 0 Å². The Hall–Kier alpha value is -2.44. The Morgan fingerprint density at radius 3 is 1.44 bits per heavy atom. The Balaban J connectivity index is 0.000000295. The van der Waals surface area contributed by atoms with E-state index in [4.69, 9.17) is 0 Å². The number of benzene rings is 4. The molecule has 1 aliphatic carbocycles. The largest absolute Gasteiger partial charge is 1.00 e. The molecule has 50 heavy (non-hydrogen) atoms. The molecule has 6 rings (SSSR count). The molecule has 3 heteroatoms. The molecule has 0 amide bonds. The summed E-state index contributed by atoms with van der Waals surface area (Å²) in [6.45, 7) is 27.6. The van der Waals surface area contributed by atoms with Gasteiger partial charge in [-0.15, -0.1) is 16.7 Å². The monoisotopic (exact) mass is 780 g/mol. The molecule has 5 aromatic rings. The number of rotatable bonds is 4. The molecule has 0 fully saturated rings. The van der Waals surface area contributed by atoms with Crippen LogP contribution in [0.1, 0.15) is 114 Å². The van der Waals surface area contributed by atoms with E-state index in [1.807, 2.05) is 30.3 Å². The van der Waals surface area contributed by atoms with Gasteiger partial charge in [-0.25, -0.2) is 12.1 Å². The van der Waals surface area contributed by atoms with Gasteiger partial charge >= 0.3 is 138 Å². The molecule has 0 radical (unpaired) electrons. The topological polar surface area (TPSA) is 0 Å². The van der Waals surface area contributed by atoms with Crippen LogP contribution in [0, 0.1) is 19.9 Å². The van der Waals surface area contributed by atoms with Gasteiger partial charge < -0.3 is 24.8 Å². The second-order valence-corrected chi connectivity index (χ2v) is 17.7. The summed E-state index contributed by atoms with van der Waals surface area (Å²) in [6.07, 6.45) is 1.03. The first-order chi connectivity index (χ1) is 22.3. The minimum Gasteiger partial charge on any atom is -1.00 e. The van der Waals surface area contributed by atoms with E-state index >= 15 is 0 Å². The van der Waals surface area contributed by atoms with Gasteiger partial charge in [-0.2, -0.15) is 35.9 Å². The van der Waals surface area contributed by atoms with Gasteiger partial charge in [0.15, 0.2) is 0 Å². The molecule has 0 spiro atoms. The molecular weight excluding hydrogens is 727 g/mol. The molecular formula is C47H56Cl2Zr-2.